The third-order valence-electron chi connectivity index (χ3n) is 5.09. The smallest absolute Gasteiger partial charge is 0.267 e. The fourth-order valence-corrected chi connectivity index (χ4v) is 5.09. The number of nitrogens with one attached hydrogen (secondary N) is 1. The Kier molecular flexibility index (Phi) is 5.96. The molecule has 1 amide bonds. The van der Waals surface area contributed by atoms with Crippen LogP contribution in [0.5, 0.6) is 5.75 Å². The summed E-state index contributed by atoms with van der Waals surface area (Å²) in [6.45, 7) is 1.28. The van der Waals surface area contributed by atoms with E-state index < -0.39 is 22.0 Å². The Morgan fingerprint density at radius 2 is 1.72 bits per heavy atom. The van der Waals surface area contributed by atoms with E-state index in [0.29, 0.717) is 28.3 Å². The van der Waals surface area contributed by atoms with Gasteiger partial charge in [0.05, 0.1) is 18.0 Å². The van der Waals surface area contributed by atoms with Gasteiger partial charge in [0.15, 0.2) is 11.9 Å². The van der Waals surface area contributed by atoms with E-state index in [-0.39, 0.29) is 18.1 Å². The van der Waals surface area contributed by atoms with Gasteiger partial charge in [0, 0.05) is 11.3 Å². The fraction of sp³-hybridized carbons (Fsp3) is 0.167. The number of nitrogens with zero attached hydrogens (tertiary/aromatic N) is 1. The first kappa shape index (κ1) is 21.6. The van der Waals surface area contributed by atoms with Crippen LogP contribution in [-0.4, -0.2) is 32.8 Å². The Hall–Kier alpha value is -3.65. The molecular weight excluding hydrogens is 428 g/mol. The molecule has 8 heteroatoms. The number of sulfonamides is 1. The van der Waals surface area contributed by atoms with Gasteiger partial charge in [-0.3, -0.25) is 13.9 Å². The number of carbonyl (C=O) groups is 2. The van der Waals surface area contributed by atoms with Crippen molar-refractivity contribution in [1.82, 2.24) is 0 Å². The van der Waals surface area contributed by atoms with Crippen LogP contribution in [0.25, 0.3) is 0 Å². The van der Waals surface area contributed by atoms with E-state index in [2.05, 4.69) is 5.32 Å². The summed E-state index contributed by atoms with van der Waals surface area (Å²) in [5.41, 5.74) is 1.94. The van der Waals surface area contributed by atoms with Gasteiger partial charge >= 0.3 is 0 Å². The summed E-state index contributed by atoms with van der Waals surface area (Å²) in [4.78, 5) is 24.6. The van der Waals surface area contributed by atoms with E-state index in [1.807, 2.05) is 6.07 Å². The molecule has 1 N–H and O–H groups in total. The molecule has 0 aliphatic carbocycles. The number of hydrogen-bond acceptors (Lipinski definition) is 5. The summed E-state index contributed by atoms with van der Waals surface area (Å²) >= 11 is 0. The summed E-state index contributed by atoms with van der Waals surface area (Å²) in [6.07, 6.45) is -1.06. The summed E-state index contributed by atoms with van der Waals surface area (Å²) < 4.78 is 33.6. The highest BCUT2D eigenvalue weighted by Gasteiger charge is 2.36. The minimum atomic E-state index is -3.78. The van der Waals surface area contributed by atoms with E-state index in [0.717, 1.165) is 0 Å². The Labute approximate surface area is 186 Å². The number of carbonyl (C=O) groups excluding carboxylic acids is 2. The van der Waals surface area contributed by atoms with Crippen LogP contribution in [0.2, 0.25) is 0 Å². The van der Waals surface area contributed by atoms with E-state index in [1.165, 1.54) is 11.2 Å². The van der Waals surface area contributed by atoms with Gasteiger partial charge in [0.1, 0.15) is 5.75 Å². The van der Waals surface area contributed by atoms with Crippen molar-refractivity contribution in [2.75, 3.05) is 16.2 Å². The highest BCUT2D eigenvalue weighted by atomic mass is 32.2. The number of fused-ring (bicyclic) bond motifs is 1. The number of para-hydroxylation sites is 2. The molecule has 3 aromatic carbocycles. The predicted molar refractivity (Wildman–Crippen MR) is 122 cm³/mol. The van der Waals surface area contributed by atoms with Crippen molar-refractivity contribution in [3.63, 3.8) is 0 Å². The van der Waals surface area contributed by atoms with Crippen molar-refractivity contribution in [3.05, 3.63) is 90.0 Å². The second-order valence-corrected chi connectivity index (χ2v) is 9.37. The van der Waals surface area contributed by atoms with E-state index >= 15 is 0 Å². The van der Waals surface area contributed by atoms with Crippen LogP contribution in [0.3, 0.4) is 0 Å². The van der Waals surface area contributed by atoms with Crippen LogP contribution in [0.15, 0.2) is 78.9 Å². The summed E-state index contributed by atoms with van der Waals surface area (Å²) in [7, 11) is -3.78. The van der Waals surface area contributed by atoms with Crippen LogP contribution in [0.4, 0.5) is 11.4 Å². The first-order valence-electron chi connectivity index (χ1n) is 10.1. The average molecular weight is 451 g/mol. The van der Waals surface area contributed by atoms with Gasteiger partial charge in [-0.25, -0.2) is 8.42 Å². The van der Waals surface area contributed by atoms with Crippen molar-refractivity contribution in [3.8, 4) is 5.75 Å². The molecule has 3 aromatic rings. The molecule has 7 nitrogen and oxygen atoms in total. The fourth-order valence-electron chi connectivity index (χ4n) is 3.50. The number of rotatable bonds is 6. The monoisotopic (exact) mass is 450 g/mol. The number of amides is 1. The van der Waals surface area contributed by atoms with Gasteiger partial charge in [-0.2, -0.15) is 0 Å². The van der Waals surface area contributed by atoms with Crippen molar-refractivity contribution < 1.29 is 22.7 Å². The molecule has 0 unspecified atom stereocenters. The SMILES string of the molecule is CC(=O)c1cccc(NC(=O)[C@@H]2CN(S(=O)(=O)Cc3ccccc3)c3ccccc3O2)c1. The van der Waals surface area contributed by atoms with Gasteiger partial charge in [0.25, 0.3) is 5.91 Å². The number of anilines is 2. The number of benzene rings is 3. The molecule has 1 atom stereocenters. The van der Waals surface area contributed by atoms with E-state index in [4.69, 9.17) is 4.74 Å². The second kappa shape index (κ2) is 8.84. The highest BCUT2D eigenvalue weighted by Crippen LogP contribution is 2.36. The molecule has 0 fully saturated rings. The first-order chi connectivity index (χ1) is 15.3. The lowest BCUT2D eigenvalue weighted by molar-refractivity contribution is -0.122. The first-order valence-corrected chi connectivity index (χ1v) is 11.7. The van der Waals surface area contributed by atoms with Gasteiger partial charge in [-0.05, 0) is 36.8 Å². The zero-order chi connectivity index (χ0) is 22.7. The Morgan fingerprint density at radius 3 is 2.47 bits per heavy atom. The number of Topliss-reactive ketones (excluding diaryl/α,β-unsaturated/α-hetero) is 1. The van der Waals surface area contributed by atoms with Crippen molar-refractivity contribution in [2.24, 2.45) is 0 Å². The lowest BCUT2D eigenvalue weighted by Crippen LogP contribution is -2.49. The maximum absolute atomic E-state index is 13.3. The lowest BCUT2D eigenvalue weighted by Gasteiger charge is -2.34. The molecule has 1 aliphatic heterocycles. The standard InChI is InChI=1S/C24H22N2O5S/c1-17(27)19-10-7-11-20(14-19)25-24(28)23-15-26(21-12-5-6-13-22(21)31-23)32(29,30)16-18-8-3-2-4-9-18/h2-14,23H,15-16H2,1H3,(H,25,28)/t23-/m0/s1. The average Bonchev–Trinajstić information content (AvgIpc) is 2.78. The number of ketones is 1. The van der Waals surface area contributed by atoms with Gasteiger partial charge in [-0.1, -0.05) is 54.6 Å². The summed E-state index contributed by atoms with van der Waals surface area (Å²) in [6, 6.07) is 22.2. The van der Waals surface area contributed by atoms with E-state index in [9.17, 15) is 18.0 Å². The largest absolute Gasteiger partial charge is 0.476 e. The molecule has 164 valence electrons. The molecule has 32 heavy (non-hydrogen) atoms. The second-order valence-electron chi connectivity index (χ2n) is 7.47. The maximum atomic E-state index is 13.3. The van der Waals surface area contributed by atoms with E-state index in [1.54, 1.807) is 72.8 Å². The third kappa shape index (κ3) is 4.65. The predicted octanol–water partition coefficient (Wildman–Crippen LogP) is 3.63. The summed E-state index contributed by atoms with van der Waals surface area (Å²) in [5.74, 6) is -0.507. The molecule has 1 aliphatic rings. The summed E-state index contributed by atoms with van der Waals surface area (Å²) in [5, 5.41) is 2.72. The molecular formula is C24H22N2O5S. The van der Waals surface area contributed by atoms with Crippen LogP contribution in [-0.2, 0) is 20.6 Å². The minimum absolute atomic E-state index is 0.123. The molecule has 0 radical (unpaired) electrons. The minimum Gasteiger partial charge on any atom is -0.476 e. The lowest BCUT2D eigenvalue weighted by atomic mass is 10.1. The Morgan fingerprint density at radius 1 is 1.00 bits per heavy atom. The maximum Gasteiger partial charge on any atom is 0.267 e. The zero-order valence-electron chi connectivity index (χ0n) is 17.4. The van der Waals surface area contributed by atoms with Crippen LogP contribution >= 0.6 is 0 Å². The van der Waals surface area contributed by atoms with Crippen LogP contribution < -0.4 is 14.4 Å². The quantitative estimate of drug-likeness (QED) is 0.579. The van der Waals surface area contributed by atoms with Gasteiger partial charge in [-0.15, -0.1) is 0 Å². The number of ether oxygens (including phenoxy) is 1. The third-order valence-corrected chi connectivity index (χ3v) is 6.81. The zero-order valence-corrected chi connectivity index (χ0v) is 18.2. The van der Waals surface area contributed by atoms with Crippen LogP contribution in [0.1, 0.15) is 22.8 Å². The van der Waals surface area contributed by atoms with Gasteiger partial charge in [0.2, 0.25) is 10.0 Å². The van der Waals surface area contributed by atoms with Crippen LogP contribution in [0, 0.1) is 0 Å². The van der Waals surface area contributed by atoms with Crippen molar-refractivity contribution in [2.45, 2.75) is 18.8 Å². The molecule has 0 bridgehead atoms. The molecule has 4 rings (SSSR count). The normalized spacial score (nSPS) is 15.4. The van der Waals surface area contributed by atoms with Gasteiger partial charge < -0.3 is 10.1 Å². The molecule has 1 heterocycles. The molecule has 0 aromatic heterocycles. The van der Waals surface area contributed by atoms with Crippen molar-refractivity contribution in [1.29, 1.82) is 0 Å². The highest BCUT2D eigenvalue weighted by molar-refractivity contribution is 7.92. The molecule has 0 saturated heterocycles. The number of hydrogen-bond donors (Lipinski definition) is 1. The van der Waals surface area contributed by atoms with Crippen molar-refractivity contribution >= 4 is 33.1 Å². The Bertz CT molecular complexity index is 1260. The Balaban J connectivity index is 1.60. The topological polar surface area (TPSA) is 92.8 Å². The molecule has 0 saturated carbocycles. The molecule has 0 spiro atoms.